The van der Waals surface area contributed by atoms with Gasteiger partial charge in [0.15, 0.2) is 0 Å². The van der Waals surface area contributed by atoms with E-state index in [9.17, 15) is 0 Å². The van der Waals surface area contributed by atoms with E-state index < -0.39 is 0 Å². The first kappa shape index (κ1) is 38.6. The molecular formula is C57H63N. The van der Waals surface area contributed by atoms with E-state index in [-0.39, 0.29) is 16.2 Å². The first-order valence-corrected chi connectivity index (χ1v) is 22.3. The van der Waals surface area contributed by atoms with E-state index >= 15 is 0 Å². The summed E-state index contributed by atoms with van der Waals surface area (Å²) < 4.78 is 0. The summed E-state index contributed by atoms with van der Waals surface area (Å²) in [5, 5.41) is 0. The molecule has 0 N–H and O–H groups in total. The Balaban J connectivity index is 1.15. The Labute approximate surface area is 349 Å². The fourth-order valence-electron chi connectivity index (χ4n) is 10.4. The van der Waals surface area contributed by atoms with Crippen molar-refractivity contribution < 1.29 is 0 Å². The Kier molecular flexibility index (Phi) is 9.82. The molecular weight excluding hydrogens is 699 g/mol. The number of benzene rings is 6. The van der Waals surface area contributed by atoms with Gasteiger partial charge in [0.1, 0.15) is 0 Å². The number of nitrogens with zero attached hydrogens (tertiary/aromatic N) is 1. The molecule has 0 saturated heterocycles. The van der Waals surface area contributed by atoms with Crippen molar-refractivity contribution in [2.75, 3.05) is 4.90 Å². The van der Waals surface area contributed by atoms with Crippen LogP contribution in [0.1, 0.15) is 145 Å². The minimum atomic E-state index is -0.0601. The number of rotatable bonds is 6. The normalized spacial score (nSPS) is 16.4. The van der Waals surface area contributed by atoms with Crippen LogP contribution in [0.5, 0.6) is 0 Å². The van der Waals surface area contributed by atoms with Gasteiger partial charge in [-0.3, -0.25) is 0 Å². The molecule has 0 heterocycles. The number of fused-ring (bicyclic) bond motifs is 4. The van der Waals surface area contributed by atoms with Gasteiger partial charge in [-0.1, -0.05) is 166 Å². The summed E-state index contributed by atoms with van der Waals surface area (Å²) in [5.41, 5.74) is 22.3. The highest BCUT2D eigenvalue weighted by Gasteiger charge is 2.36. The molecule has 9 rings (SSSR count). The smallest absolute Gasteiger partial charge is 0.0496 e. The van der Waals surface area contributed by atoms with Crippen LogP contribution in [0.4, 0.5) is 17.1 Å². The lowest BCUT2D eigenvalue weighted by Crippen LogP contribution is -2.18. The van der Waals surface area contributed by atoms with Crippen molar-refractivity contribution in [3.63, 3.8) is 0 Å². The van der Waals surface area contributed by atoms with Gasteiger partial charge < -0.3 is 4.90 Å². The molecule has 1 saturated carbocycles. The lowest BCUT2D eigenvalue weighted by molar-refractivity contribution is 0.443. The molecule has 0 unspecified atom stereocenters. The maximum absolute atomic E-state index is 2.62. The highest BCUT2D eigenvalue weighted by molar-refractivity contribution is 5.88. The summed E-state index contributed by atoms with van der Waals surface area (Å²) in [4.78, 5) is 2.62. The number of hydrogen-bond acceptors (Lipinski definition) is 1. The average molecular weight is 762 g/mol. The third-order valence-electron chi connectivity index (χ3n) is 14.0. The van der Waals surface area contributed by atoms with Crippen molar-refractivity contribution >= 4 is 17.1 Å². The van der Waals surface area contributed by atoms with E-state index in [0.717, 1.165) is 12.8 Å². The third-order valence-corrected chi connectivity index (χ3v) is 14.0. The fourth-order valence-corrected chi connectivity index (χ4v) is 10.4. The summed E-state index contributed by atoms with van der Waals surface area (Å²) in [7, 11) is 0. The second-order valence-electron chi connectivity index (χ2n) is 20.3. The minimum absolute atomic E-state index is 0.0601. The van der Waals surface area contributed by atoms with Gasteiger partial charge in [0.05, 0.1) is 0 Å². The Morgan fingerprint density at radius 3 is 1.81 bits per heavy atom. The molecule has 296 valence electrons. The minimum Gasteiger partial charge on any atom is -0.310 e. The molecule has 0 spiro atoms. The molecule has 6 aromatic rings. The third kappa shape index (κ3) is 7.03. The van der Waals surface area contributed by atoms with E-state index in [1.807, 2.05) is 0 Å². The predicted molar refractivity (Wildman–Crippen MR) is 249 cm³/mol. The van der Waals surface area contributed by atoms with Crippen molar-refractivity contribution in [1.29, 1.82) is 0 Å². The Bertz CT molecular complexity index is 2440. The molecule has 1 fully saturated rings. The quantitative estimate of drug-likeness (QED) is 0.163. The van der Waals surface area contributed by atoms with Crippen molar-refractivity contribution in [3.8, 4) is 33.4 Å². The van der Waals surface area contributed by atoms with Crippen LogP contribution in [0.3, 0.4) is 0 Å². The standard InChI is InChI=1S/C57H63N/c1-55(2,3)43-33-42(34-44(36-43)56(4,5)6)39-25-27-40(28-26-39)47-31-32-54(51-23-13-12-21-48(47)51)58(45-20-16-19-41(35-45)38-17-10-9-11-18-38)46-29-30-50-49-22-14-15-24-52(49)57(7,8)53(50)37-46/h14-16,19-20,22,24-38H,9-13,17-18,21,23H2,1-8H3. The molecule has 3 aliphatic rings. The van der Waals surface area contributed by atoms with Gasteiger partial charge >= 0.3 is 0 Å². The predicted octanol–water partition coefficient (Wildman–Crippen LogP) is 16.3. The lowest BCUT2D eigenvalue weighted by atomic mass is 9.79. The molecule has 0 bridgehead atoms. The van der Waals surface area contributed by atoms with Gasteiger partial charge in [-0.15, -0.1) is 0 Å². The molecule has 1 nitrogen and oxygen atoms in total. The Hall–Kier alpha value is -4.88. The Morgan fingerprint density at radius 1 is 0.483 bits per heavy atom. The van der Waals surface area contributed by atoms with Crippen LogP contribution < -0.4 is 4.90 Å². The van der Waals surface area contributed by atoms with E-state index in [0.29, 0.717) is 5.92 Å². The van der Waals surface area contributed by atoms with Gasteiger partial charge in [0, 0.05) is 22.5 Å². The van der Waals surface area contributed by atoms with Crippen LogP contribution in [0.25, 0.3) is 33.4 Å². The summed E-state index contributed by atoms with van der Waals surface area (Å²) in [6, 6.07) is 47.6. The van der Waals surface area contributed by atoms with E-state index in [1.165, 1.54) is 134 Å². The topological polar surface area (TPSA) is 3.24 Å². The largest absolute Gasteiger partial charge is 0.310 e. The first-order valence-electron chi connectivity index (χ1n) is 22.3. The van der Waals surface area contributed by atoms with Crippen LogP contribution in [0.15, 0.2) is 121 Å². The van der Waals surface area contributed by atoms with Crippen molar-refractivity contribution in [1.82, 2.24) is 0 Å². The second-order valence-corrected chi connectivity index (χ2v) is 20.3. The molecule has 6 aromatic carbocycles. The highest BCUT2D eigenvalue weighted by Crippen LogP contribution is 2.52. The zero-order valence-electron chi connectivity index (χ0n) is 36.4. The summed E-state index contributed by atoms with van der Waals surface area (Å²) in [6.07, 6.45) is 11.3. The Morgan fingerprint density at radius 2 is 1.10 bits per heavy atom. The van der Waals surface area contributed by atoms with Crippen LogP contribution in [-0.4, -0.2) is 0 Å². The molecule has 3 aliphatic carbocycles. The van der Waals surface area contributed by atoms with E-state index in [4.69, 9.17) is 0 Å². The van der Waals surface area contributed by atoms with E-state index in [2.05, 4.69) is 182 Å². The average Bonchev–Trinajstić information content (AvgIpc) is 3.46. The fraction of sp³-hybridized carbons (Fsp3) is 0.368. The van der Waals surface area contributed by atoms with Gasteiger partial charge in [-0.2, -0.15) is 0 Å². The molecule has 0 aromatic heterocycles. The number of anilines is 3. The summed E-state index contributed by atoms with van der Waals surface area (Å²) in [6.45, 7) is 18.8. The second kappa shape index (κ2) is 14.7. The highest BCUT2D eigenvalue weighted by atomic mass is 15.1. The SMILES string of the molecule is CC(C)(C)c1cc(-c2ccc(-c3ccc(N(c4cccc(C5CCCCC5)c4)c4ccc5c(c4)C(C)(C)c4ccccc4-5)c4c3CCCC4)cc2)cc(C(C)(C)C)c1. The van der Waals surface area contributed by atoms with Crippen molar-refractivity contribution in [2.45, 2.75) is 135 Å². The molecule has 58 heavy (non-hydrogen) atoms. The zero-order chi connectivity index (χ0) is 40.4. The molecule has 1 heteroatoms. The maximum Gasteiger partial charge on any atom is 0.0496 e. The lowest BCUT2D eigenvalue weighted by Gasteiger charge is -2.33. The first-order chi connectivity index (χ1) is 27.8. The van der Waals surface area contributed by atoms with Crippen molar-refractivity contribution in [2.24, 2.45) is 0 Å². The van der Waals surface area contributed by atoms with E-state index in [1.54, 1.807) is 0 Å². The van der Waals surface area contributed by atoms with Crippen LogP contribution in [0.2, 0.25) is 0 Å². The van der Waals surface area contributed by atoms with Gasteiger partial charge in [0.2, 0.25) is 0 Å². The van der Waals surface area contributed by atoms with Crippen LogP contribution in [-0.2, 0) is 29.1 Å². The maximum atomic E-state index is 2.62. The molecule has 0 radical (unpaired) electrons. The molecule has 0 atom stereocenters. The number of hydrogen-bond donors (Lipinski definition) is 0. The molecule has 0 aliphatic heterocycles. The zero-order valence-corrected chi connectivity index (χ0v) is 36.4. The van der Waals surface area contributed by atoms with Crippen LogP contribution >= 0.6 is 0 Å². The monoisotopic (exact) mass is 761 g/mol. The van der Waals surface area contributed by atoms with Gasteiger partial charge in [0.25, 0.3) is 0 Å². The van der Waals surface area contributed by atoms with Crippen molar-refractivity contribution in [3.05, 3.63) is 160 Å². The van der Waals surface area contributed by atoms with Crippen LogP contribution in [0, 0.1) is 0 Å². The molecule has 0 amide bonds. The van der Waals surface area contributed by atoms with Gasteiger partial charge in [-0.25, -0.2) is 0 Å². The van der Waals surface area contributed by atoms with Gasteiger partial charge in [-0.05, 0) is 158 Å². The summed E-state index contributed by atoms with van der Waals surface area (Å²) >= 11 is 0. The summed E-state index contributed by atoms with van der Waals surface area (Å²) in [5.74, 6) is 0.652.